The molecule has 0 radical (unpaired) electrons. The van der Waals surface area contributed by atoms with E-state index in [4.69, 9.17) is 0 Å². The van der Waals surface area contributed by atoms with Gasteiger partial charge in [0.05, 0.1) is 12.1 Å². The topological polar surface area (TPSA) is 39.7 Å². The van der Waals surface area contributed by atoms with E-state index in [0.29, 0.717) is 25.1 Å². The summed E-state index contributed by atoms with van der Waals surface area (Å²) in [7, 11) is 3.93. The lowest BCUT2D eigenvalue weighted by Gasteiger charge is -2.14. The zero-order valence-corrected chi connectivity index (χ0v) is 16.9. The molecule has 0 aromatic heterocycles. The average Bonchev–Trinajstić information content (AvgIpc) is 2.48. The summed E-state index contributed by atoms with van der Waals surface area (Å²) in [6.07, 6.45) is -3.73. The smallest absolute Gasteiger partial charge is 0.357 e. The van der Waals surface area contributed by atoms with Crippen molar-refractivity contribution in [2.75, 3.05) is 33.7 Å². The molecular weight excluding hydrogens is 451 g/mol. The predicted molar refractivity (Wildman–Crippen MR) is 103 cm³/mol. The zero-order valence-electron chi connectivity index (χ0n) is 14.6. The molecule has 0 atom stereocenters. The van der Waals surface area contributed by atoms with Crippen LogP contribution in [0, 0.1) is 5.82 Å². The van der Waals surface area contributed by atoms with Gasteiger partial charge in [0.25, 0.3) is 0 Å². The van der Waals surface area contributed by atoms with Crippen LogP contribution in [0.5, 0.6) is 0 Å². The second kappa shape index (κ2) is 11.5. The minimum atomic E-state index is -4.61. The van der Waals surface area contributed by atoms with Crippen LogP contribution < -0.4 is 10.6 Å². The Bertz CT molecular complexity index is 547. The Morgan fingerprint density at radius 1 is 1.20 bits per heavy atom. The van der Waals surface area contributed by atoms with Crippen LogP contribution in [0.2, 0.25) is 0 Å². The summed E-state index contributed by atoms with van der Waals surface area (Å²) in [5, 5.41) is 6.05. The summed E-state index contributed by atoms with van der Waals surface area (Å²) < 4.78 is 52.0. The molecule has 0 amide bonds. The number of hydrogen-bond donors (Lipinski definition) is 2. The van der Waals surface area contributed by atoms with Crippen LogP contribution in [0.15, 0.2) is 23.2 Å². The molecule has 0 heterocycles. The Hall–Kier alpha value is -1.10. The summed E-state index contributed by atoms with van der Waals surface area (Å²) in [5.74, 6) is -0.475. The van der Waals surface area contributed by atoms with Crippen LogP contribution in [0.1, 0.15) is 24.5 Å². The van der Waals surface area contributed by atoms with E-state index in [1.807, 2.05) is 25.9 Å². The van der Waals surface area contributed by atoms with Crippen molar-refractivity contribution >= 4 is 29.9 Å². The molecule has 0 aliphatic carbocycles. The number of guanidine groups is 1. The molecule has 2 N–H and O–H groups in total. The first-order valence-electron chi connectivity index (χ1n) is 7.76. The first-order chi connectivity index (χ1) is 11.2. The molecular formula is C16H25F4IN4. The van der Waals surface area contributed by atoms with Crippen molar-refractivity contribution in [3.63, 3.8) is 0 Å². The van der Waals surface area contributed by atoms with Crippen molar-refractivity contribution in [3.05, 3.63) is 35.1 Å². The number of nitrogens with zero attached hydrogens (tertiary/aromatic N) is 2. The lowest BCUT2D eigenvalue weighted by molar-refractivity contribution is -0.138. The largest absolute Gasteiger partial charge is 0.416 e. The van der Waals surface area contributed by atoms with E-state index in [1.54, 1.807) is 0 Å². The van der Waals surface area contributed by atoms with E-state index in [-0.39, 0.29) is 36.1 Å². The summed E-state index contributed by atoms with van der Waals surface area (Å²) in [4.78, 5) is 6.20. The zero-order chi connectivity index (χ0) is 18.2. The van der Waals surface area contributed by atoms with Crippen LogP contribution in [-0.4, -0.2) is 44.6 Å². The van der Waals surface area contributed by atoms with Gasteiger partial charge in [0, 0.05) is 13.1 Å². The van der Waals surface area contributed by atoms with Crippen LogP contribution >= 0.6 is 24.0 Å². The Morgan fingerprint density at radius 3 is 2.44 bits per heavy atom. The molecule has 0 aliphatic rings. The van der Waals surface area contributed by atoms with Gasteiger partial charge in [-0.2, -0.15) is 13.2 Å². The van der Waals surface area contributed by atoms with E-state index in [2.05, 4.69) is 15.6 Å². The van der Waals surface area contributed by atoms with E-state index in [1.165, 1.54) is 0 Å². The Labute approximate surface area is 163 Å². The Kier molecular flexibility index (Phi) is 11.0. The highest BCUT2D eigenvalue weighted by Gasteiger charge is 2.33. The van der Waals surface area contributed by atoms with Gasteiger partial charge in [-0.1, -0.05) is 6.07 Å². The SMILES string of the molecule is CCNC(=NCc1ccc(F)cc1C(F)(F)F)NCCCN(C)C.I. The van der Waals surface area contributed by atoms with E-state index in [9.17, 15) is 17.6 Å². The van der Waals surface area contributed by atoms with Gasteiger partial charge in [0.1, 0.15) is 5.82 Å². The van der Waals surface area contributed by atoms with Gasteiger partial charge in [-0.3, -0.25) is 0 Å². The van der Waals surface area contributed by atoms with Crippen molar-refractivity contribution < 1.29 is 17.6 Å². The summed E-state index contributed by atoms with van der Waals surface area (Å²) in [5.41, 5.74) is -1.05. The molecule has 0 aliphatic heterocycles. The Balaban J connectivity index is 0.00000576. The van der Waals surface area contributed by atoms with Gasteiger partial charge < -0.3 is 15.5 Å². The molecule has 0 saturated heterocycles. The van der Waals surface area contributed by atoms with Gasteiger partial charge in [-0.25, -0.2) is 9.38 Å². The van der Waals surface area contributed by atoms with Crippen molar-refractivity contribution in [1.29, 1.82) is 0 Å². The third-order valence-electron chi connectivity index (χ3n) is 3.20. The molecule has 144 valence electrons. The molecule has 1 rings (SSSR count). The van der Waals surface area contributed by atoms with Gasteiger partial charge >= 0.3 is 6.18 Å². The van der Waals surface area contributed by atoms with Crippen LogP contribution in [0.25, 0.3) is 0 Å². The highest BCUT2D eigenvalue weighted by molar-refractivity contribution is 14.0. The molecule has 1 aromatic rings. The van der Waals surface area contributed by atoms with Gasteiger partial charge in [0.15, 0.2) is 5.96 Å². The third kappa shape index (κ3) is 9.24. The molecule has 0 saturated carbocycles. The van der Waals surface area contributed by atoms with Crippen molar-refractivity contribution in [2.24, 2.45) is 4.99 Å². The fraction of sp³-hybridized carbons (Fsp3) is 0.562. The summed E-state index contributed by atoms with van der Waals surface area (Å²) >= 11 is 0. The summed E-state index contributed by atoms with van der Waals surface area (Å²) in [6, 6.07) is 2.64. The van der Waals surface area contributed by atoms with Crippen LogP contribution in [0.3, 0.4) is 0 Å². The van der Waals surface area contributed by atoms with Crippen LogP contribution in [-0.2, 0) is 12.7 Å². The normalized spacial score (nSPS) is 12.1. The molecule has 0 fully saturated rings. The van der Waals surface area contributed by atoms with E-state index < -0.39 is 17.6 Å². The van der Waals surface area contributed by atoms with E-state index >= 15 is 0 Å². The molecule has 0 bridgehead atoms. The molecule has 1 aromatic carbocycles. The molecule has 0 unspecified atom stereocenters. The number of nitrogens with one attached hydrogen (secondary N) is 2. The molecule has 0 spiro atoms. The number of alkyl halides is 3. The standard InChI is InChI=1S/C16H24F4N4.HI/c1-4-21-15(22-8-5-9-24(2)3)23-11-12-6-7-13(17)10-14(12)16(18,19)20;/h6-7,10H,4-5,8-9,11H2,1-3H3,(H2,21,22,23);1H. The first-order valence-corrected chi connectivity index (χ1v) is 7.76. The Morgan fingerprint density at radius 2 is 1.88 bits per heavy atom. The average molecular weight is 476 g/mol. The maximum atomic E-state index is 13.1. The monoisotopic (exact) mass is 476 g/mol. The minimum Gasteiger partial charge on any atom is -0.357 e. The lowest BCUT2D eigenvalue weighted by Crippen LogP contribution is -2.38. The quantitative estimate of drug-likeness (QED) is 0.208. The molecule has 4 nitrogen and oxygen atoms in total. The highest BCUT2D eigenvalue weighted by Crippen LogP contribution is 2.32. The number of aliphatic imine (C=N–C) groups is 1. The van der Waals surface area contributed by atoms with Crippen molar-refractivity contribution in [3.8, 4) is 0 Å². The predicted octanol–water partition coefficient (Wildman–Crippen LogP) is 3.47. The van der Waals surface area contributed by atoms with Gasteiger partial charge in [-0.15, -0.1) is 24.0 Å². The lowest BCUT2D eigenvalue weighted by atomic mass is 10.1. The third-order valence-corrected chi connectivity index (χ3v) is 3.20. The number of rotatable bonds is 7. The van der Waals surface area contributed by atoms with Gasteiger partial charge in [0.2, 0.25) is 0 Å². The molecule has 25 heavy (non-hydrogen) atoms. The number of halogens is 5. The van der Waals surface area contributed by atoms with Gasteiger partial charge in [-0.05, 0) is 51.7 Å². The summed E-state index contributed by atoms with van der Waals surface area (Å²) in [6.45, 7) is 3.82. The van der Waals surface area contributed by atoms with Crippen LogP contribution in [0.4, 0.5) is 17.6 Å². The number of benzene rings is 1. The first kappa shape index (κ1) is 23.9. The number of hydrogen-bond acceptors (Lipinski definition) is 2. The van der Waals surface area contributed by atoms with Crippen molar-refractivity contribution in [1.82, 2.24) is 15.5 Å². The minimum absolute atomic E-state index is 0. The molecule has 9 heteroatoms. The maximum Gasteiger partial charge on any atom is 0.416 e. The van der Waals surface area contributed by atoms with E-state index in [0.717, 1.165) is 25.1 Å². The second-order valence-electron chi connectivity index (χ2n) is 5.58. The second-order valence-corrected chi connectivity index (χ2v) is 5.58. The highest BCUT2D eigenvalue weighted by atomic mass is 127. The fourth-order valence-electron chi connectivity index (χ4n) is 2.06. The van der Waals surface area contributed by atoms with Crippen molar-refractivity contribution in [2.45, 2.75) is 26.1 Å². The fourth-order valence-corrected chi connectivity index (χ4v) is 2.06. The maximum absolute atomic E-state index is 13.1.